The molecular weight excluding hydrogens is 397 g/mol. The number of nitrogens with zero attached hydrogens (tertiary/aromatic N) is 1. The molecule has 2 aliphatic rings. The second kappa shape index (κ2) is 8.67. The van der Waals surface area contributed by atoms with Crippen molar-refractivity contribution in [1.82, 2.24) is 10.2 Å². The summed E-state index contributed by atoms with van der Waals surface area (Å²) in [6, 6.07) is 12.0. The molecule has 1 unspecified atom stereocenters. The molecule has 0 saturated carbocycles. The average Bonchev–Trinajstić information content (AvgIpc) is 2.75. The van der Waals surface area contributed by atoms with Crippen LogP contribution >= 0.6 is 0 Å². The van der Waals surface area contributed by atoms with Crippen molar-refractivity contribution in [2.45, 2.75) is 44.2 Å². The van der Waals surface area contributed by atoms with E-state index in [2.05, 4.69) is 5.32 Å². The number of likely N-dealkylation sites (tertiary alicyclic amines) is 1. The number of nitrogens with two attached hydrogens (primary N) is 1. The Morgan fingerprint density at radius 1 is 1.23 bits per heavy atom. The first-order valence-electron chi connectivity index (χ1n) is 10.7. The Bertz CT molecular complexity index is 986. The SMILES string of the molecule is CC(=O)N1CCC2(CC1)CC(NCCc1ccccc1F)c1cc(C(N)=O)ccc1O2. The Labute approximate surface area is 181 Å². The number of fused-ring (bicyclic) bond motifs is 1. The highest BCUT2D eigenvalue weighted by Crippen LogP contribution is 2.44. The quantitative estimate of drug-likeness (QED) is 0.771. The lowest BCUT2D eigenvalue weighted by molar-refractivity contribution is -0.133. The normalized spacial score (nSPS) is 19.5. The molecule has 7 heteroatoms. The van der Waals surface area contributed by atoms with E-state index in [1.54, 1.807) is 37.3 Å². The summed E-state index contributed by atoms with van der Waals surface area (Å²) in [5.74, 6) is 0.122. The van der Waals surface area contributed by atoms with Gasteiger partial charge in [0.1, 0.15) is 17.2 Å². The van der Waals surface area contributed by atoms with Gasteiger partial charge in [-0.15, -0.1) is 0 Å². The predicted octanol–water partition coefficient (Wildman–Crippen LogP) is 2.96. The van der Waals surface area contributed by atoms with Crippen molar-refractivity contribution in [3.05, 3.63) is 65.0 Å². The highest BCUT2D eigenvalue weighted by atomic mass is 19.1. The number of hydrogen-bond donors (Lipinski definition) is 2. The second-order valence-electron chi connectivity index (χ2n) is 8.46. The van der Waals surface area contributed by atoms with Crippen molar-refractivity contribution in [2.24, 2.45) is 5.73 Å². The molecule has 1 spiro atoms. The smallest absolute Gasteiger partial charge is 0.248 e. The van der Waals surface area contributed by atoms with Crippen molar-refractivity contribution in [1.29, 1.82) is 0 Å². The predicted molar refractivity (Wildman–Crippen MR) is 115 cm³/mol. The molecular formula is C24H28FN3O3. The first-order chi connectivity index (χ1) is 14.9. The molecule has 0 bridgehead atoms. The number of carbonyl (C=O) groups is 2. The van der Waals surface area contributed by atoms with E-state index in [0.717, 1.165) is 24.2 Å². The number of carbonyl (C=O) groups excluding carboxylic acids is 2. The van der Waals surface area contributed by atoms with Crippen LogP contribution < -0.4 is 15.8 Å². The minimum atomic E-state index is -0.483. The molecule has 2 aliphatic heterocycles. The molecule has 2 aromatic carbocycles. The molecule has 1 saturated heterocycles. The third kappa shape index (κ3) is 4.56. The number of benzene rings is 2. The molecule has 1 atom stereocenters. The van der Waals surface area contributed by atoms with Gasteiger partial charge in [0.25, 0.3) is 0 Å². The van der Waals surface area contributed by atoms with Crippen LogP contribution in [0, 0.1) is 5.82 Å². The summed E-state index contributed by atoms with van der Waals surface area (Å²) in [5.41, 5.74) is 7.11. The molecule has 164 valence electrons. The Morgan fingerprint density at radius 3 is 2.65 bits per heavy atom. The van der Waals surface area contributed by atoms with E-state index in [4.69, 9.17) is 10.5 Å². The van der Waals surface area contributed by atoms with Crippen LogP contribution in [0.25, 0.3) is 0 Å². The van der Waals surface area contributed by atoms with Crippen LogP contribution in [-0.2, 0) is 11.2 Å². The Morgan fingerprint density at radius 2 is 1.97 bits per heavy atom. The van der Waals surface area contributed by atoms with E-state index in [-0.39, 0.29) is 23.4 Å². The molecule has 2 amide bonds. The fraction of sp³-hybridized carbons (Fsp3) is 0.417. The lowest BCUT2D eigenvalue weighted by Crippen LogP contribution is -2.52. The van der Waals surface area contributed by atoms with Crippen LogP contribution in [0.15, 0.2) is 42.5 Å². The summed E-state index contributed by atoms with van der Waals surface area (Å²) >= 11 is 0. The van der Waals surface area contributed by atoms with Gasteiger partial charge in [-0.05, 0) is 42.8 Å². The summed E-state index contributed by atoms with van der Waals surface area (Å²) < 4.78 is 20.4. The minimum absolute atomic E-state index is 0.0568. The number of ether oxygens (including phenoxy) is 1. The van der Waals surface area contributed by atoms with Crippen molar-refractivity contribution in [3.8, 4) is 5.75 Å². The van der Waals surface area contributed by atoms with Gasteiger partial charge in [-0.2, -0.15) is 0 Å². The highest BCUT2D eigenvalue weighted by Gasteiger charge is 2.43. The van der Waals surface area contributed by atoms with E-state index < -0.39 is 5.91 Å². The van der Waals surface area contributed by atoms with Gasteiger partial charge in [-0.25, -0.2) is 4.39 Å². The average molecular weight is 426 g/mol. The zero-order chi connectivity index (χ0) is 22.0. The van der Waals surface area contributed by atoms with Crippen molar-refractivity contribution in [2.75, 3.05) is 19.6 Å². The summed E-state index contributed by atoms with van der Waals surface area (Å²) in [7, 11) is 0. The van der Waals surface area contributed by atoms with Gasteiger partial charge in [0, 0.05) is 56.4 Å². The van der Waals surface area contributed by atoms with E-state index in [1.807, 2.05) is 11.0 Å². The summed E-state index contributed by atoms with van der Waals surface area (Å²) in [5, 5.41) is 3.55. The lowest BCUT2D eigenvalue weighted by atomic mass is 9.80. The first-order valence-corrected chi connectivity index (χ1v) is 10.7. The molecule has 2 aromatic rings. The third-order valence-corrected chi connectivity index (χ3v) is 6.44. The summed E-state index contributed by atoms with van der Waals surface area (Å²) in [6.07, 6.45) is 2.76. The number of hydrogen-bond acceptors (Lipinski definition) is 4. The van der Waals surface area contributed by atoms with Gasteiger partial charge in [0.15, 0.2) is 0 Å². The standard InChI is InChI=1S/C24H28FN3O3/c1-16(29)28-12-9-24(10-13-28)15-21(27-11-8-17-4-2-3-5-20(17)25)19-14-18(23(26)30)6-7-22(19)31-24/h2-7,14,21,27H,8-13,15H2,1H3,(H2,26,30). The van der Waals surface area contributed by atoms with Crippen molar-refractivity contribution < 1.29 is 18.7 Å². The molecule has 0 radical (unpaired) electrons. The molecule has 6 nitrogen and oxygen atoms in total. The van der Waals surface area contributed by atoms with Crippen molar-refractivity contribution >= 4 is 11.8 Å². The molecule has 0 aromatic heterocycles. The molecule has 3 N–H and O–H groups in total. The monoisotopic (exact) mass is 425 g/mol. The van der Waals surface area contributed by atoms with Gasteiger partial charge < -0.3 is 20.7 Å². The van der Waals surface area contributed by atoms with Crippen LogP contribution in [0.1, 0.15) is 53.7 Å². The maximum absolute atomic E-state index is 14.0. The number of piperidine rings is 1. The van der Waals surface area contributed by atoms with Crippen molar-refractivity contribution in [3.63, 3.8) is 0 Å². The summed E-state index contributed by atoms with van der Waals surface area (Å²) in [4.78, 5) is 25.3. The van der Waals surface area contributed by atoms with Gasteiger partial charge in [-0.1, -0.05) is 18.2 Å². The van der Waals surface area contributed by atoms with Gasteiger partial charge in [-0.3, -0.25) is 9.59 Å². The maximum Gasteiger partial charge on any atom is 0.248 e. The minimum Gasteiger partial charge on any atom is -0.487 e. The van der Waals surface area contributed by atoms with Crippen LogP contribution in [-0.4, -0.2) is 41.9 Å². The molecule has 4 rings (SSSR count). The Balaban J connectivity index is 1.54. The van der Waals surface area contributed by atoms with E-state index >= 15 is 0 Å². The zero-order valence-electron chi connectivity index (χ0n) is 17.7. The van der Waals surface area contributed by atoms with E-state index in [1.165, 1.54) is 6.07 Å². The van der Waals surface area contributed by atoms with Gasteiger partial charge >= 0.3 is 0 Å². The molecule has 1 fully saturated rings. The van der Waals surface area contributed by atoms with E-state index in [9.17, 15) is 14.0 Å². The highest BCUT2D eigenvalue weighted by molar-refractivity contribution is 5.93. The fourth-order valence-electron chi connectivity index (χ4n) is 4.62. The topological polar surface area (TPSA) is 84.7 Å². The molecule has 2 heterocycles. The van der Waals surface area contributed by atoms with Crippen LogP contribution in [0.5, 0.6) is 5.75 Å². The number of amides is 2. The zero-order valence-corrected chi connectivity index (χ0v) is 17.7. The second-order valence-corrected chi connectivity index (χ2v) is 8.46. The number of primary amides is 1. The fourth-order valence-corrected chi connectivity index (χ4v) is 4.62. The van der Waals surface area contributed by atoms with Gasteiger partial charge in [0.2, 0.25) is 11.8 Å². The lowest BCUT2D eigenvalue weighted by Gasteiger charge is -2.47. The van der Waals surface area contributed by atoms with Gasteiger partial charge in [0.05, 0.1) is 0 Å². The number of nitrogens with one attached hydrogen (secondary N) is 1. The number of rotatable bonds is 5. The number of halogens is 1. The third-order valence-electron chi connectivity index (χ3n) is 6.44. The largest absolute Gasteiger partial charge is 0.487 e. The Kier molecular flexibility index (Phi) is 5.96. The van der Waals surface area contributed by atoms with Crippen LogP contribution in [0.2, 0.25) is 0 Å². The Hall–Kier alpha value is -2.93. The first kappa shape index (κ1) is 21.3. The molecule has 0 aliphatic carbocycles. The molecule has 31 heavy (non-hydrogen) atoms. The maximum atomic E-state index is 14.0. The summed E-state index contributed by atoms with van der Waals surface area (Å²) in [6.45, 7) is 3.49. The van der Waals surface area contributed by atoms with E-state index in [0.29, 0.717) is 43.6 Å². The van der Waals surface area contributed by atoms with Crippen LogP contribution in [0.4, 0.5) is 4.39 Å². The van der Waals surface area contributed by atoms with Crippen LogP contribution in [0.3, 0.4) is 0 Å².